The zero-order valence-corrected chi connectivity index (χ0v) is 26.5. The Morgan fingerprint density at radius 2 is 0.980 bits per heavy atom. The zero-order valence-electron chi connectivity index (χ0n) is 26.5. The normalized spacial score (nSPS) is 11.7. The van der Waals surface area contributed by atoms with Gasteiger partial charge in [-0.1, -0.05) is 127 Å². The first-order chi connectivity index (χ1) is 24.3. The van der Waals surface area contributed by atoms with Crippen LogP contribution in [0.5, 0.6) is 0 Å². The average Bonchev–Trinajstić information content (AvgIpc) is 3.74. The molecule has 2 heterocycles. The van der Waals surface area contributed by atoms with E-state index in [4.69, 9.17) is 8.83 Å². The third-order valence-electron chi connectivity index (χ3n) is 9.67. The van der Waals surface area contributed by atoms with Crippen LogP contribution in [0, 0.1) is 0 Å². The fourth-order valence-electron chi connectivity index (χ4n) is 7.38. The molecule has 0 aliphatic heterocycles. The van der Waals surface area contributed by atoms with E-state index < -0.39 is 0 Å². The number of para-hydroxylation sites is 4. The molecule has 3 heteroatoms. The number of hydrogen-bond acceptors (Lipinski definition) is 3. The van der Waals surface area contributed by atoms with Crippen molar-refractivity contribution in [1.82, 2.24) is 0 Å². The summed E-state index contributed by atoms with van der Waals surface area (Å²) in [5.41, 5.74) is 11.2. The Kier molecular flexibility index (Phi) is 6.18. The van der Waals surface area contributed by atoms with Crippen molar-refractivity contribution in [3.05, 3.63) is 176 Å². The monoisotopic (exact) mass is 627 g/mol. The molecule has 0 aliphatic rings. The molecule has 0 atom stereocenters. The molecule has 10 aromatic rings. The standard InChI is InChI=1S/C46H29NO2/c1-2-12-32-29-33(24-23-30(32)11-1)35-13-3-6-18-40(35)47(41-19-10-22-44-45(41)39-15-5-8-21-43(39)48-44)34-27-25-31(26-28-34)36-16-9-17-38-37-14-4-7-20-42(37)49-46(36)38/h1-29H. The third-order valence-corrected chi connectivity index (χ3v) is 9.67. The van der Waals surface area contributed by atoms with E-state index in [0.717, 1.165) is 83.2 Å². The lowest BCUT2D eigenvalue weighted by atomic mass is 9.98. The van der Waals surface area contributed by atoms with Crippen LogP contribution in [-0.4, -0.2) is 0 Å². The van der Waals surface area contributed by atoms with Gasteiger partial charge in [-0.25, -0.2) is 0 Å². The molecule has 8 aromatic carbocycles. The van der Waals surface area contributed by atoms with E-state index in [1.165, 1.54) is 10.8 Å². The maximum absolute atomic E-state index is 6.41. The Morgan fingerprint density at radius 3 is 1.86 bits per heavy atom. The summed E-state index contributed by atoms with van der Waals surface area (Å²) >= 11 is 0. The zero-order chi connectivity index (χ0) is 32.3. The third kappa shape index (κ3) is 4.44. The number of rotatable bonds is 5. The van der Waals surface area contributed by atoms with Crippen molar-refractivity contribution in [3.8, 4) is 22.3 Å². The van der Waals surface area contributed by atoms with Gasteiger partial charge < -0.3 is 13.7 Å². The maximum Gasteiger partial charge on any atom is 0.143 e. The van der Waals surface area contributed by atoms with Gasteiger partial charge in [-0.05, 0) is 70.4 Å². The van der Waals surface area contributed by atoms with Crippen LogP contribution < -0.4 is 4.90 Å². The van der Waals surface area contributed by atoms with E-state index in [9.17, 15) is 0 Å². The molecule has 49 heavy (non-hydrogen) atoms. The summed E-state index contributed by atoms with van der Waals surface area (Å²) in [6.45, 7) is 0. The molecular formula is C46H29NO2. The summed E-state index contributed by atoms with van der Waals surface area (Å²) in [4.78, 5) is 2.38. The van der Waals surface area contributed by atoms with Crippen molar-refractivity contribution in [2.75, 3.05) is 4.90 Å². The summed E-state index contributed by atoms with van der Waals surface area (Å²) in [5, 5.41) is 6.88. The van der Waals surface area contributed by atoms with Gasteiger partial charge in [-0.15, -0.1) is 0 Å². The fourth-order valence-corrected chi connectivity index (χ4v) is 7.38. The van der Waals surface area contributed by atoms with Crippen LogP contribution in [0.25, 0.3) is 76.9 Å². The summed E-state index contributed by atoms with van der Waals surface area (Å²) in [6, 6.07) is 62.1. The van der Waals surface area contributed by atoms with Gasteiger partial charge in [0.1, 0.15) is 22.3 Å². The van der Waals surface area contributed by atoms with Crippen molar-refractivity contribution in [2.24, 2.45) is 0 Å². The second-order valence-electron chi connectivity index (χ2n) is 12.5. The second-order valence-corrected chi connectivity index (χ2v) is 12.5. The molecule has 0 N–H and O–H groups in total. The topological polar surface area (TPSA) is 29.5 Å². The van der Waals surface area contributed by atoms with Gasteiger partial charge in [0.25, 0.3) is 0 Å². The van der Waals surface area contributed by atoms with Crippen LogP contribution in [0.15, 0.2) is 185 Å². The average molecular weight is 628 g/mol. The number of nitrogens with zero attached hydrogens (tertiary/aromatic N) is 1. The van der Waals surface area contributed by atoms with Crippen LogP contribution in [-0.2, 0) is 0 Å². The molecule has 0 spiro atoms. The van der Waals surface area contributed by atoms with Crippen molar-refractivity contribution in [1.29, 1.82) is 0 Å². The Morgan fingerprint density at radius 1 is 0.367 bits per heavy atom. The molecule has 0 fully saturated rings. The Labute approximate surface area is 282 Å². The molecule has 3 nitrogen and oxygen atoms in total. The van der Waals surface area contributed by atoms with Gasteiger partial charge in [0, 0.05) is 33.0 Å². The summed E-state index contributed by atoms with van der Waals surface area (Å²) in [7, 11) is 0. The van der Waals surface area contributed by atoms with Gasteiger partial charge >= 0.3 is 0 Å². The molecule has 0 radical (unpaired) electrons. The van der Waals surface area contributed by atoms with E-state index in [-0.39, 0.29) is 0 Å². The highest BCUT2D eigenvalue weighted by Gasteiger charge is 2.22. The molecule has 10 rings (SSSR count). The lowest BCUT2D eigenvalue weighted by molar-refractivity contribution is 0.669. The quantitative estimate of drug-likeness (QED) is 0.190. The summed E-state index contributed by atoms with van der Waals surface area (Å²) in [5.74, 6) is 0. The van der Waals surface area contributed by atoms with Crippen molar-refractivity contribution < 1.29 is 8.83 Å². The Bertz CT molecular complexity index is 2840. The predicted octanol–water partition coefficient (Wildman–Crippen LogP) is 13.4. The highest BCUT2D eigenvalue weighted by Crippen LogP contribution is 2.46. The minimum absolute atomic E-state index is 0.861. The van der Waals surface area contributed by atoms with E-state index >= 15 is 0 Å². The first-order valence-corrected chi connectivity index (χ1v) is 16.6. The highest BCUT2D eigenvalue weighted by atomic mass is 16.3. The number of benzene rings is 8. The minimum Gasteiger partial charge on any atom is -0.456 e. The van der Waals surface area contributed by atoms with Crippen LogP contribution in [0.1, 0.15) is 0 Å². The molecule has 0 saturated heterocycles. The number of anilines is 3. The van der Waals surface area contributed by atoms with Crippen molar-refractivity contribution >= 4 is 71.7 Å². The van der Waals surface area contributed by atoms with Gasteiger partial charge in [0.15, 0.2) is 0 Å². The van der Waals surface area contributed by atoms with E-state index in [1.54, 1.807) is 0 Å². The van der Waals surface area contributed by atoms with Crippen LogP contribution in [0.3, 0.4) is 0 Å². The molecule has 0 bridgehead atoms. The molecule has 230 valence electrons. The van der Waals surface area contributed by atoms with Crippen molar-refractivity contribution in [3.63, 3.8) is 0 Å². The number of furan rings is 2. The van der Waals surface area contributed by atoms with Gasteiger partial charge in [0.05, 0.1) is 16.8 Å². The minimum atomic E-state index is 0.861. The first kappa shape index (κ1) is 27.5. The molecule has 0 amide bonds. The van der Waals surface area contributed by atoms with E-state index in [0.29, 0.717) is 0 Å². The van der Waals surface area contributed by atoms with Gasteiger partial charge in [-0.3, -0.25) is 0 Å². The molecular weight excluding hydrogens is 599 g/mol. The van der Waals surface area contributed by atoms with Crippen LogP contribution in [0.2, 0.25) is 0 Å². The van der Waals surface area contributed by atoms with Crippen LogP contribution >= 0.6 is 0 Å². The lowest BCUT2D eigenvalue weighted by Crippen LogP contribution is -2.11. The summed E-state index contributed by atoms with van der Waals surface area (Å²) < 4.78 is 12.8. The molecule has 0 unspecified atom stereocenters. The van der Waals surface area contributed by atoms with Crippen molar-refractivity contribution in [2.45, 2.75) is 0 Å². The van der Waals surface area contributed by atoms with Gasteiger partial charge in [0.2, 0.25) is 0 Å². The van der Waals surface area contributed by atoms with Crippen LogP contribution in [0.4, 0.5) is 17.1 Å². The van der Waals surface area contributed by atoms with Gasteiger partial charge in [-0.2, -0.15) is 0 Å². The SMILES string of the molecule is c1ccc(N(c2ccc(-c3cccc4c3oc3ccccc34)cc2)c2cccc3oc4ccccc4c23)c(-c2ccc3ccccc3c2)c1. The molecule has 0 aliphatic carbocycles. The lowest BCUT2D eigenvalue weighted by Gasteiger charge is -2.28. The smallest absolute Gasteiger partial charge is 0.143 e. The summed E-state index contributed by atoms with van der Waals surface area (Å²) in [6.07, 6.45) is 0. The fraction of sp³-hybridized carbons (Fsp3) is 0. The second kappa shape index (κ2) is 11.0. The predicted molar refractivity (Wildman–Crippen MR) is 204 cm³/mol. The molecule has 2 aromatic heterocycles. The molecule has 0 saturated carbocycles. The number of hydrogen-bond donors (Lipinski definition) is 0. The number of fused-ring (bicyclic) bond motifs is 7. The first-order valence-electron chi connectivity index (χ1n) is 16.6. The largest absolute Gasteiger partial charge is 0.456 e. The van der Waals surface area contributed by atoms with E-state index in [2.05, 4.69) is 157 Å². The maximum atomic E-state index is 6.41. The van der Waals surface area contributed by atoms with E-state index in [1.807, 2.05) is 24.3 Å². The Hall–Kier alpha value is -6.58. The highest BCUT2D eigenvalue weighted by molar-refractivity contribution is 6.14. The Balaban J connectivity index is 1.19.